The SMILES string of the molecule is OCCC1CCC(c2cccc(F)c2Cl)CC1. The molecule has 0 amide bonds. The van der Waals surface area contributed by atoms with Gasteiger partial charge in [-0.2, -0.15) is 0 Å². The van der Waals surface area contributed by atoms with Crippen molar-refractivity contribution < 1.29 is 9.50 Å². The van der Waals surface area contributed by atoms with Crippen molar-refractivity contribution in [2.24, 2.45) is 5.92 Å². The van der Waals surface area contributed by atoms with E-state index in [-0.39, 0.29) is 17.4 Å². The third kappa shape index (κ3) is 2.99. The van der Waals surface area contributed by atoms with E-state index in [1.807, 2.05) is 6.07 Å². The maximum atomic E-state index is 13.4. The zero-order valence-electron chi connectivity index (χ0n) is 9.83. The predicted octanol–water partition coefficient (Wildman–Crippen LogP) is 4.14. The molecule has 0 heterocycles. The molecule has 0 aliphatic heterocycles. The van der Waals surface area contributed by atoms with Crippen molar-refractivity contribution >= 4 is 11.6 Å². The van der Waals surface area contributed by atoms with E-state index >= 15 is 0 Å². The first kappa shape index (κ1) is 12.8. The molecule has 1 aromatic rings. The molecule has 3 heteroatoms. The monoisotopic (exact) mass is 256 g/mol. The van der Waals surface area contributed by atoms with E-state index in [0.29, 0.717) is 11.8 Å². The second-order valence-corrected chi connectivity index (χ2v) is 5.25. The maximum Gasteiger partial charge on any atom is 0.142 e. The van der Waals surface area contributed by atoms with Crippen LogP contribution in [0.1, 0.15) is 43.6 Å². The lowest BCUT2D eigenvalue weighted by molar-refractivity contribution is 0.222. The number of hydrogen-bond acceptors (Lipinski definition) is 1. The zero-order valence-corrected chi connectivity index (χ0v) is 10.6. The topological polar surface area (TPSA) is 20.2 Å². The quantitative estimate of drug-likeness (QED) is 0.862. The summed E-state index contributed by atoms with van der Waals surface area (Å²) in [5.41, 5.74) is 0.953. The van der Waals surface area contributed by atoms with Crippen LogP contribution in [0.2, 0.25) is 5.02 Å². The first-order valence-corrected chi connectivity index (χ1v) is 6.65. The van der Waals surface area contributed by atoms with Crippen LogP contribution >= 0.6 is 11.6 Å². The highest BCUT2D eigenvalue weighted by Crippen LogP contribution is 2.39. The summed E-state index contributed by atoms with van der Waals surface area (Å²) in [7, 11) is 0. The smallest absolute Gasteiger partial charge is 0.142 e. The Labute approximate surface area is 107 Å². The molecule has 1 nitrogen and oxygen atoms in total. The molecule has 1 N–H and O–H groups in total. The molecule has 1 fully saturated rings. The number of benzene rings is 1. The van der Waals surface area contributed by atoms with Crippen molar-refractivity contribution in [3.05, 3.63) is 34.6 Å². The fourth-order valence-electron chi connectivity index (χ4n) is 2.78. The van der Waals surface area contributed by atoms with Crippen molar-refractivity contribution in [2.75, 3.05) is 6.61 Å². The Hall–Kier alpha value is -0.600. The minimum atomic E-state index is -0.318. The lowest BCUT2D eigenvalue weighted by atomic mass is 9.77. The summed E-state index contributed by atoms with van der Waals surface area (Å²) in [6.45, 7) is 0.274. The molecule has 2 rings (SSSR count). The fourth-order valence-corrected chi connectivity index (χ4v) is 3.06. The molecule has 0 atom stereocenters. The highest BCUT2D eigenvalue weighted by molar-refractivity contribution is 6.31. The highest BCUT2D eigenvalue weighted by atomic mass is 35.5. The third-order valence-electron chi connectivity index (χ3n) is 3.81. The number of halogens is 2. The normalized spacial score (nSPS) is 24.9. The molecule has 0 unspecified atom stereocenters. The van der Waals surface area contributed by atoms with Crippen LogP contribution in [-0.4, -0.2) is 11.7 Å². The molecule has 1 aliphatic carbocycles. The van der Waals surface area contributed by atoms with Gasteiger partial charge in [-0.15, -0.1) is 0 Å². The van der Waals surface area contributed by atoms with Gasteiger partial charge in [-0.05, 0) is 55.6 Å². The molecule has 94 valence electrons. The molecule has 1 aromatic carbocycles. The van der Waals surface area contributed by atoms with Crippen LogP contribution in [0.4, 0.5) is 4.39 Å². The van der Waals surface area contributed by atoms with E-state index in [9.17, 15) is 4.39 Å². The van der Waals surface area contributed by atoms with E-state index in [0.717, 1.165) is 37.7 Å². The number of aliphatic hydroxyl groups is 1. The van der Waals surface area contributed by atoms with Crippen LogP contribution in [-0.2, 0) is 0 Å². The summed E-state index contributed by atoms with van der Waals surface area (Å²) < 4.78 is 13.4. The first-order chi connectivity index (χ1) is 8.22. The third-order valence-corrected chi connectivity index (χ3v) is 4.20. The Kier molecular flexibility index (Phi) is 4.41. The largest absolute Gasteiger partial charge is 0.396 e. The molecule has 0 radical (unpaired) electrons. The van der Waals surface area contributed by atoms with Gasteiger partial charge in [0.2, 0.25) is 0 Å². The maximum absolute atomic E-state index is 13.4. The molecule has 0 aromatic heterocycles. The summed E-state index contributed by atoms with van der Waals surface area (Å²) in [5, 5.41) is 9.20. The van der Waals surface area contributed by atoms with Gasteiger partial charge >= 0.3 is 0 Å². The predicted molar refractivity (Wildman–Crippen MR) is 67.8 cm³/mol. The van der Waals surface area contributed by atoms with E-state index in [4.69, 9.17) is 16.7 Å². The van der Waals surface area contributed by atoms with Crippen LogP contribution in [0, 0.1) is 11.7 Å². The Balaban J connectivity index is 2.03. The van der Waals surface area contributed by atoms with Gasteiger partial charge in [0.1, 0.15) is 5.82 Å². The molecular formula is C14H18ClFO. The molecule has 1 saturated carbocycles. The summed E-state index contributed by atoms with van der Waals surface area (Å²) in [5.74, 6) is 0.693. The number of aliphatic hydroxyl groups excluding tert-OH is 1. The molecular weight excluding hydrogens is 239 g/mol. The van der Waals surface area contributed by atoms with Crippen molar-refractivity contribution in [3.63, 3.8) is 0 Å². The van der Waals surface area contributed by atoms with Gasteiger partial charge < -0.3 is 5.11 Å². The average molecular weight is 257 g/mol. The second-order valence-electron chi connectivity index (χ2n) is 4.87. The van der Waals surface area contributed by atoms with Gasteiger partial charge in [-0.1, -0.05) is 23.7 Å². The van der Waals surface area contributed by atoms with Gasteiger partial charge in [0.15, 0.2) is 0 Å². The minimum absolute atomic E-state index is 0.274. The van der Waals surface area contributed by atoms with Crippen LogP contribution in [0.5, 0.6) is 0 Å². The Bertz CT molecular complexity index is 372. The average Bonchev–Trinajstić information content (AvgIpc) is 2.34. The molecule has 0 bridgehead atoms. The van der Waals surface area contributed by atoms with Crippen molar-refractivity contribution in [1.29, 1.82) is 0 Å². The molecule has 0 spiro atoms. The van der Waals surface area contributed by atoms with E-state index in [1.165, 1.54) is 6.07 Å². The zero-order chi connectivity index (χ0) is 12.3. The van der Waals surface area contributed by atoms with Crippen molar-refractivity contribution in [2.45, 2.75) is 38.0 Å². The van der Waals surface area contributed by atoms with Gasteiger partial charge in [0.25, 0.3) is 0 Å². The summed E-state index contributed by atoms with van der Waals surface area (Å²) in [4.78, 5) is 0. The Morgan fingerprint density at radius 3 is 2.59 bits per heavy atom. The second kappa shape index (κ2) is 5.83. The van der Waals surface area contributed by atoms with E-state index < -0.39 is 0 Å². The van der Waals surface area contributed by atoms with E-state index in [2.05, 4.69) is 0 Å². The van der Waals surface area contributed by atoms with Crippen LogP contribution in [0.3, 0.4) is 0 Å². The summed E-state index contributed by atoms with van der Waals surface area (Å²) in [6.07, 6.45) is 5.21. The molecule has 17 heavy (non-hydrogen) atoms. The van der Waals surface area contributed by atoms with Crippen molar-refractivity contribution in [3.8, 4) is 0 Å². The van der Waals surface area contributed by atoms with Gasteiger partial charge in [-0.3, -0.25) is 0 Å². The lowest BCUT2D eigenvalue weighted by Crippen LogP contribution is -2.14. The van der Waals surface area contributed by atoms with Gasteiger partial charge in [-0.25, -0.2) is 4.39 Å². The summed E-state index contributed by atoms with van der Waals surface area (Å²) >= 11 is 6.01. The Morgan fingerprint density at radius 2 is 1.94 bits per heavy atom. The fraction of sp³-hybridized carbons (Fsp3) is 0.571. The van der Waals surface area contributed by atoms with Gasteiger partial charge in [0.05, 0.1) is 5.02 Å². The molecule has 0 saturated heterocycles. The van der Waals surface area contributed by atoms with E-state index in [1.54, 1.807) is 6.07 Å². The summed E-state index contributed by atoms with van der Waals surface area (Å²) in [6, 6.07) is 5.07. The van der Waals surface area contributed by atoms with Gasteiger partial charge in [0, 0.05) is 6.61 Å². The number of hydrogen-bond donors (Lipinski definition) is 1. The van der Waals surface area contributed by atoms with Crippen LogP contribution in [0.25, 0.3) is 0 Å². The van der Waals surface area contributed by atoms with Crippen LogP contribution in [0.15, 0.2) is 18.2 Å². The molecule has 1 aliphatic rings. The standard InChI is InChI=1S/C14H18ClFO/c15-14-12(2-1-3-13(14)16)11-6-4-10(5-7-11)8-9-17/h1-3,10-11,17H,4-9H2. The first-order valence-electron chi connectivity index (χ1n) is 6.27. The lowest BCUT2D eigenvalue weighted by Gasteiger charge is -2.29. The number of rotatable bonds is 3. The van der Waals surface area contributed by atoms with Crippen molar-refractivity contribution in [1.82, 2.24) is 0 Å². The Morgan fingerprint density at radius 1 is 1.24 bits per heavy atom. The highest BCUT2D eigenvalue weighted by Gasteiger charge is 2.24. The minimum Gasteiger partial charge on any atom is -0.396 e. The van der Waals surface area contributed by atoms with Crippen LogP contribution < -0.4 is 0 Å².